The molecule has 2 nitrogen and oxygen atoms in total. The van der Waals surface area contributed by atoms with Gasteiger partial charge in [0.25, 0.3) is 0 Å². The standard InChI is InChI=1S/C15H18FNOS/c1-11(17-2)14-10-12(16)5-6-15(14)18-8-7-13-4-3-9-19-13/h3-6,9-11,17H,7-8H2,1-2H3. The summed E-state index contributed by atoms with van der Waals surface area (Å²) in [6, 6.07) is 8.86. The first-order valence-electron chi connectivity index (χ1n) is 6.32. The van der Waals surface area contributed by atoms with E-state index in [1.807, 2.05) is 20.0 Å². The van der Waals surface area contributed by atoms with Crippen LogP contribution in [0.5, 0.6) is 5.75 Å². The summed E-state index contributed by atoms with van der Waals surface area (Å²) < 4.78 is 19.1. The molecule has 1 heterocycles. The van der Waals surface area contributed by atoms with Gasteiger partial charge < -0.3 is 10.1 Å². The van der Waals surface area contributed by atoms with Crippen LogP contribution in [0, 0.1) is 5.82 Å². The number of thiophene rings is 1. The fraction of sp³-hybridized carbons (Fsp3) is 0.333. The van der Waals surface area contributed by atoms with E-state index < -0.39 is 0 Å². The largest absolute Gasteiger partial charge is 0.493 e. The maximum absolute atomic E-state index is 13.3. The second-order valence-electron chi connectivity index (χ2n) is 4.37. The molecular formula is C15H18FNOS. The number of rotatable bonds is 6. The molecule has 1 unspecified atom stereocenters. The summed E-state index contributed by atoms with van der Waals surface area (Å²) in [5.41, 5.74) is 0.855. The van der Waals surface area contributed by atoms with Gasteiger partial charge in [-0.1, -0.05) is 6.07 Å². The Morgan fingerprint density at radius 3 is 2.89 bits per heavy atom. The Morgan fingerprint density at radius 1 is 1.37 bits per heavy atom. The Bertz CT molecular complexity index is 513. The first-order chi connectivity index (χ1) is 9.20. The fourth-order valence-corrected chi connectivity index (χ4v) is 2.55. The summed E-state index contributed by atoms with van der Waals surface area (Å²) in [5, 5.41) is 5.17. The highest BCUT2D eigenvalue weighted by molar-refractivity contribution is 7.09. The Hall–Kier alpha value is -1.39. The van der Waals surface area contributed by atoms with E-state index >= 15 is 0 Å². The van der Waals surface area contributed by atoms with Crippen LogP contribution in [-0.2, 0) is 6.42 Å². The molecule has 2 rings (SSSR count). The third-order valence-electron chi connectivity index (χ3n) is 3.06. The Morgan fingerprint density at radius 2 is 2.21 bits per heavy atom. The van der Waals surface area contributed by atoms with Crippen LogP contribution in [0.2, 0.25) is 0 Å². The summed E-state index contributed by atoms with van der Waals surface area (Å²) in [5.74, 6) is 0.516. The molecular weight excluding hydrogens is 261 g/mol. The third-order valence-corrected chi connectivity index (χ3v) is 3.99. The van der Waals surface area contributed by atoms with Gasteiger partial charge in [0.2, 0.25) is 0 Å². The molecule has 4 heteroatoms. The highest BCUT2D eigenvalue weighted by Crippen LogP contribution is 2.26. The van der Waals surface area contributed by atoms with Gasteiger partial charge in [-0.25, -0.2) is 4.39 Å². The molecule has 0 amide bonds. The van der Waals surface area contributed by atoms with E-state index in [1.165, 1.54) is 17.0 Å². The van der Waals surface area contributed by atoms with Crippen LogP contribution in [-0.4, -0.2) is 13.7 Å². The first-order valence-corrected chi connectivity index (χ1v) is 7.20. The van der Waals surface area contributed by atoms with Crippen LogP contribution in [0.3, 0.4) is 0 Å². The highest BCUT2D eigenvalue weighted by Gasteiger charge is 2.11. The van der Waals surface area contributed by atoms with Crippen molar-refractivity contribution in [2.24, 2.45) is 0 Å². The van der Waals surface area contributed by atoms with Crippen molar-refractivity contribution in [3.05, 3.63) is 52.0 Å². The van der Waals surface area contributed by atoms with Crippen molar-refractivity contribution >= 4 is 11.3 Å². The zero-order chi connectivity index (χ0) is 13.7. The lowest BCUT2D eigenvalue weighted by Crippen LogP contribution is -2.14. The van der Waals surface area contributed by atoms with Gasteiger partial charge in [0, 0.05) is 22.9 Å². The van der Waals surface area contributed by atoms with Gasteiger partial charge in [-0.3, -0.25) is 0 Å². The van der Waals surface area contributed by atoms with Crippen molar-refractivity contribution in [1.29, 1.82) is 0 Å². The van der Waals surface area contributed by atoms with Crippen LogP contribution < -0.4 is 10.1 Å². The van der Waals surface area contributed by atoms with Crippen molar-refractivity contribution in [2.45, 2.75) is 19.4 Å². The molecule has 1 N–H and O–H groups in total. The minimum atomic E-state index is -0.234. The fourth-order valence-electron chi connectivity index (χ4n) is 1.86. The van der Waals surface area contributed by atoms with E-state index in [9.17, 15) is 4.39 Å². The zero-order valence-electron chi connectivity index (χ0n) is 11.2. The van der Waals surface area contributed by atoms with Gasteiger partial charge in [-0.05, 0) is 43.6 Å². The van der Waals surface area contributed by atoms with E-state index in [-0.39, 0.29) is 11.9 Å². The maximum atomic E-state index is 13.3. The molecule has 0 saturated heterocycles. The molecule has 102 valence electrons. The smallest absolute Gasteiger partial charge is 0.124 e. The lowest BCUT2D eigenvalue weighted by atomic mass is 10.1. The quantitative estimate of drug-likeness (QED) is 0.868. The summed E-state index contributed by atoms with van der Waals surface area (Å²) >= 11 is 1.72. The maximum Gasteiger partial charge on any atom is 0.124 e. The summed E-state index contributed by atoms with van der Waals surface area (Å²) in [4.78, 5) is 1.30. The number of ether oxygens (including phenoxy) is 1. The van der Waals surface area contributed by atoms with Crippen LogP contribution in [0.4, 0.5) is 4.39 Å². The minimum absolute atomic E-state index is 0.0624. The second-order valence-corrected chi connectivity index (χ2v) is 5.40. The average Bonchev–Trinajstić information content (AvgIpc) is 2.92. The molecule has 1 aromatic carbocycles. The van der Waals surface area contributed by atoms with Crippen molar-refractivity contribution in [3.8, 4) is 5.75 Å². The van der Waals surface area contributed by atoms with Gasteiger partial charge in [0.15, 0.2) is 0 Å². The average molecular weight is 279 g/mol. The van der Waals surface area contributed by atoms with E-state index in [0.717, 1.165) is 17.7 Å². The highest BCUT2D eigenvalue weighted by atomic mass is 32.1. The Kier molecular flexibility index (Phi) is 4.93. The second kappa shape index (κ2) is 6.68. The molecule has 0 fully saturated rings. The summed E-state index contributed by atoms with van der Waals surface area (Å²) in [6.45, 7) is 2.59. The molecule has 0 aliphatic rings. The Balaban J connectivity index is 2.02. The lowest BCUT2D eigenvalue weighted by Gasteiger charge is -2.16. The number of hydrogen-bond acceptors (Lipinski definition) is 3. The van der Waals surface area contributed by atoms with Crippen molar-refractivity contribution < 1.29 is 9.13 Å². The summed E-state index contributed by atoms with van der Waals surface area (Å²) in [6.07, 6.45) is 0.877. The van der Waals surface area contributed by atoms with E-state index in [4.69, 9.17) is 4.74 Å². The monoisotopic (exact) mass is 279 g/mol. The number of halogens is 1. The van der Waals surface area contributed by atoms with E-state index in [1.54, 1.807) is 17.4 Å². The normalized spacial score (nSPS) is 12.4. The van der Waals surface area contributed by atoms with Crippen molar-refractivity contribution in [2.75, 3.05) is 13.7 Å². The van der Waals surface area contributed by atoms with Crippen molar-refractivity contribution in [3.63, 3.8) is 0 Å². The van der Waals surface area contributed by atoms with Gasteiger partial charge >= 0.3 is 0 Å². The number of nitrogens with one attached hydrogen (secondary N) is 1. The van der Waals surface area contributed by atoms with Gasteiger partial charge in [0.05, 0.1) is 6.61 Å². The van der Waals surface area contributed by atoms with E-state index in [2.05, 4.69) is 16.8 Å². The first kappa shape index (κ1) is 14.0. The van der Waals surface area contributed by atoms with Crippen LogP contribution >= 0.6 is 11.3 Å². The molecule has 2 aromatic rings. The molecule has 1 aromatic heterocycles. The van der Waals surface area contributed by atoms with Gasteiger partial charge in [-0.15, -0.1) is 11.3 Å². The van der Waals surface area contributed by atoms with Gasteiger partial charge in [-0.2, -0.15) is 0 Å². The third kappa shape index (κ3) is 3.78. The van der Waals surface area contributed by atoms with Crippen molar-refractivity contribution in [1.82, 2.24) is 5.32 Å². The molecule has 19 heavy (non-hydrogen) atoms. The molecule has 1 atom stereocenters. The lowest BCUT2D eigenvalue weighted by molar-refractivity contribution is 0.316. The predicted octanol–water partition coefficient (Wildman–Crippen LogP) is 3.79. The SMILES string of the molecule is CNC(C)c1cc(F)ccc1OCCc1cccs1. The van der Waals surface area contributed by atoms with E-state index in [0.29, 0.717) is 6.61 Å². The molecule has 0 bridgehead atoms. The Labute approximate surface area is 117 Å². The molecule has 0 aliphatic carbocycles. The van der Waals surface area contributed by atoms with Gasteiger partial charge in [0.1, 0.15) is 11.6 Å². The molecule has 0 spiro atoms. The predicted molar refractivity (Wildman–Crippen MR) is 77.4 cm³/mol. The minimum Gasteiger partial charge on any atom is -0.493 e. The molecule has 0 aliphatic heterocycles. The molecule has 0 saturated carbocycles. The van der Waals surface area contributed by atoms with Crippen LogP contribution in [0.25, 0.3) is 0 Å². The summed E-state index contributed by atoms with van der Waals surface area (Å²) in [7, 11) is 1.85. The zero-order valence-corrected chi connectivity index (χ0v) is 12.0. The van der Waals surface area contributed by atoms with Crippen LogP contribution in [0.15, 0.2) is 35.7 Å². The van der Waals surface area contributed by atoms with Crippen LogP contribution in [0.1, 0.15) is 23.4 Å². The molecule has 0 radical (unpaired) electrons. The topological polar surface area (TPSA) is 21.3 Å². The number of benzene rings is 1. The number of hydrogen-bond donors (Lipinski definition) is 1.